The molecule has 0 radical (unpaired) electrons. The lowest BCUT2D eigenvalue weighted by Gasteiger charge is -2.20. The van der Waals surface area contributed by atoms with Crippen molar-refractivity contribution < 1.29 is 14.3 Å². The number of hydrogen-bond acceptors (Lipinski definition) is 4. The Morgan fingerprint density at radius 3 is 2.54 bits per heavy atom. The molecule has 0 spiro atoms. The molecule has 0 unspecified atom stereocenters. The van der Waals surface area contributed by atoms with E-state index in [4.69, 9.17) is 4.74 Å². The number of amides is 1. The van der Waals surface area contributed by atoms with Crippen molar-refractivity contribution in [2.75, 3.05) is 18.1 Å². The molecule has 2 aromatic carbocycles. The zero-order chi connectivity index (χ0) is 19.8. The molecule has 0 bridgehead atoms. The van der Waals surface area contributed by atoms with Gasteiger partial charge >= 0.3 is 5.97 Å². The van der Waals surface area contributed by atoms with E-state index in [-0.39, 0.29) is 12.5 Å². The summed E-state index contributed by atoms with van der Waals surface area (Å²) in [6, 6.07) is 20.6. The third-order valence-corrected chi connectivity index (χ3v) is 4.03. The van der Waals surface area contributed by atoms with Gasteiger partial charge in [-0.2, -0.15) is 0 Å². The Morgan fingerprint density at radius 1 is 1.00 bits per heavy atom. The van der Waals surface area contributed by atoms with E-state index in [2.05, 4.69) is 11.6 Å². The standard InChI is InChI=1S/C23H20N2O3/c1-2-16-25(20-9-4-3-5-10-20)22(26)17-28-23(27)15-14-19-13-12-18-8-6-7-11-21(18)24-19/h2-15H,1,16-17H2/b15-14+. The fraction of sp³-hybridized carbons (Fsp3) is 0.0870. The zero-order valence-electron chi connectivity index (χ0n) is 15.3. The number of carbonyl (C=O) groups is 2. The number of pyridine rings is 1. The number of fused-ring (bicyclic) bond motifs is 1. The summed E-state index contributed by atoms with van der Waals surface area (Å²) in [5.41, 5.74) is 2.20. The minimum atomic E-state index is -0.602. The molecule has 28 heavy (non-hydrogen) atoms. The number of benzene rings is 2. The summed E-state index contributed by atoms with van der Waals surface area (Å²) in [6.45, 7) is 3.65. The van der Waals surface area contributed by atoms with Gasteiger partial charge in [0.25, 0.3) is 5.91 Å². The Morgan fingerprint density at radius 2 is 1.75 bits per heavy atom. The number of rotatable bonds is 7. The Kier molecular flexibility index (Phi) is 6.31. The molecular formula is C23H20N2O3. The summed E-state index contributed by atoms with van der Waals surface area (Å²) >= 11 is 0. The number of para-hydroxylation sites is 2. The molecule has 140 valence electrons. The maximum Gasteiger partial charge on any atom is 0.331 e. The third-order valence-electron chi connectivity index (χ3n) is 4.03. The lowest BCUT2D eigenvalue weighted by molar-refractivity contribution is -0.142. The van der Waals surface area contributed by atoms with Crippen molar-refractivity contribution >= 4 is 34.5 Å². The quantitative estimate of drug-likeness (QED) is 0.357. The first-order valence-corrected chi connectivity index (χ1v) is 8.84. The molecule has 0 aliphatic heterocycles. The van der Waals surface area contributed by atoms with Crippen molar-refractivity contribution in [2.45, 2.75) is 0 Å². The van der Waals surface area contributed by atoms with Gasteiger partial charge < -0.3 is 9.64 Å². The van der Waals surface area contributed by atoms with Crippen LogP contribution in [0.2, 0.25) is 0 Å². The fourth-order valence-corrected chi connectivity index (χ4v) is 2.68. The highest BCUT2D eigenvalue weighted by atomic mass is 16.5. The molecule has 0 aliphatic carbocycles. The topological polar surface area (TPSA) is 59.5 Å². The second kappa shape index (κ2) is 9.28. The summed E-state index contributed by atoms with van der Waals surface area (Å²) in [5, 5.41) is 1.02. The van der Waals surface area contributed by atoms with E-state index in [0.29, 0.717) is 12.2 Å². The predicted octanol–water partition coefficient (Wildman–Crippen LogP) is 4.01. The summed E-state index contributed by atoms with van der Waals surface area (Å²) in [5.74, 6) is -0.924. The average Bonchev–Trinajstić information content (AvgIpc) is 2.74. The van der Waals surface area contributed by atoms with Crippen molar-refractivity contribution in [3.8, 4) is 0 Å². The number of hydrogen-bond donors (Lipinski definition) is 0. The van der Waals surface area contributed by atoms with E-state index < -0.39 is 5.97 Å². The Balaban J connectivity index is 1.59. The second-order valence-corrected chi connectivity index (χ2v) is 6.00. The summed E-state index contributed by atoms with van der Waals surface area (Å²) in [7, 11) is 0. The van der Waals surface area contributed by atoms with Crippen molar-refractivity contribution in [3.63, 3.8) is 0 Å². The molecule has 0 saturated carbocycles. The van der Waals surface area contributed by atoms with Crippen LogP contribution in [0.15, 0.2) is 85.5 Å². The number of anilines is 1. The van der Waals surface area contributed by atoms with E-state index >= 15 is 0 Å². The van der Waals surface area contributed by atoms with E-state index in [0.717, 1.165) is 16.6 Å². The van der Waals surface area contributed by atoms with Crippen molar-refractivity contribution in [2.24, 2.45) is 0 Å². The molecule has 0 aliphatic rings. The minimum absolute atomic E-state index is 0.323. The van der Waals surface area contributed by atoms with Crippen LogP contribution in [0, 0.1) is 0 Å². The van der Waals surface area contributed by atoms with Gasteiger partial charge in [0.2, 0.25) is 0 Å². The first-order valence-electron chi connectivity index (χ1n) is 8.84. The van der Waals surface area contributed by atoms with Crippen LogP contribution in [0.1, 0.15) is 5.69 Å². The van der Waals surface area contributed by atoms with Crippen LogP contribution in [-0.2, 0) is 14.3 Å². The van der Waals surface area contributed by atoms with Gasteiger partial charge in [0, 0.05) is 23.7 Å². The van der Waals surface area contributed by atoms with E-state index in [1.807, 2.05) is 66.7 Å². The first kappa shape index (κ1) is 19.0. The van der Waals surface area contributed by atoms with Crippen LogP contribution in [0.25, 0.3) is 17.0 Å². The van der Waals surface area contributed by atoms with Crippen LogP contribution in [0.4, 0.5) is 5.69 Å². The molecular weight excluding hydrogens is 352 g/mol. The maximum atomic E-state index is 12.4. The molecule has 3 rings (SSSR count). The van der Waals surface area contributed by atoms with Gasteiger partial charge in [-0.1, -0.05) is 48.5 Å². The van der Waals surface area contributed by atoms with Crippen LogP contribution < -0.4 is 4.90 Å². The van der Waals surface area contributed by atoms with Crippen molar-refractivity contribution in [1.29, 1.82) is 0 Å². The third kappa shape index (κ3) is 4.92. The molecule has 5 nitrogen and oxygen atoms in total. The van der Waals surface area contributed by atoms with Gasteiger partial charge in [-0.25, -0.2) is 9.78 Å². The van der Waals surface area contributed by atoms with Gasteiger partial charge in [-0.15, -0.1) is 6.58 Å². The lowest BCUT2D eigenvalue weighted by Crippen LogP contribution is -2.34. The number of carbonyl (C=O) groups excluding carboxylic acids is 2. The van der Waals surface area contributed by atoms with Crippen LogP contribution >= 0.6 is 0 Å². The van der Waals surface area contributed by atoms with E-state index in [9.17, 15) is 9.59 Å². The number of esters is 1. The van der Waals surface area contributed by atoms with Gasteiger partial charge in [0.05, 0.1) is 11.2 Å². The Hall–Kier alpha value is -3.73. The van der Waals surface area contributed by atoms with Crippen molar-refractivity contribution in [3.05, 3.63) is 91.2 Å². The van der Waals surface area contributed by atoms with Gasteiger partial charge in [0.1, 0.15) is 0 Å². The molecule has 0 fully saturated rings. The van der Waals surface area contributed by atoms with Gasteiger partial charge in [-0.05, 0) is 30.3 Å². The minimum Gasteiger partial charge on any atom is -0.452 e. The first-order chi connectivity index (χ1) is 13.7. The number of aromatic nitrogens is 1. The molecule has 0 N–H and O–H groups in total. The van der Waals surface area contributed by atoms with Crippen LogP contribution in [0.5, 0.6) is 0 Å². The molecule has 0 atom stereocenters. The molecule has 1 aromatic heterocycles. The predicted molar refractivity (Wildman–Crippen MR) is 111 cm³/mol. The fourth-order valence-electron chi connectivity index (χ4n) is 2.68. The van der Waals surface area contributed by atoms with Gasteiger partial charge in [0.15, 0.2) is 6.61 Å². The smallest absolute Gasteiger partial charge is 0.331 e. The average molecular weight is 372 g/mol. The molecule has 3 aromatic rings. The van der Waals surface area contributed by atoms with Gasteiger partial charge in [-0.3, -0.25) is 4.79 Å². The largest absolute Gasteiger partial charge is 0.452 e. The highest BCUT2D eigenvalue weighted by Crippen LogP contribution is 2.14. The number of ether oxygens (including phenoxy) is 1. The highest BCUT2D eigenvalue weighted by Gasteiger charge is 2.15. The zero-order valence-corrected chi connectivity index (χ0v) is 15.3. The molecule has 0 saturated heterocycles. The molecule has 5 heteroatoms. The Labute approximate surface area is 163 Å². The second-order valence-electron chi connectivity index (χ2n) is 6.00. The monoisotopic (exact) mass is 372 g/mol. The van der Waals surface area contributed by atoms with E-state index in [1.54, 1.807) is 12.2 Å². The molecule has 1 amide bonds. The summed E-state index contributed by atoms with van der Waals surface area (Å²) < 4.78 is 5.08. The molecule has 1 heterocycles. The maximum absolute atomic E-state index is 12.4. The van der Waals surface area contributed by atoms with Crippen LogP contribution in [0.3, 0.4) is 0 Å². The Bertz CT molecular complexity index is 1010. The normalized spacial score (nSPS) is 10.7. The summed E-state index contributed by atoms with van der Waals surface area (Å²) in [4.78, 5) is 30.4. The van der Waals surface area contributed by atoms with E-state index in [1.165, 1.54) is 11.0 Å². The lowest BCUT2D eigenvalue weighted by atomic mass is 10.2. The van der Waals surface area contributed by atoms with Crippen LogP contribution in [-0.4, -0.2) is 30.0 Å². The summed E-state index contributed by atoms with van der Waals surface area (Å²) in [6.07, 6.45) is 4.46. The highest BCUT2D eigenvalue weighted by molar-refractivity contribution is 5.96. The van der Waals surface area contributed by atoms with Crippen molar-refractivity contribution in [1.82, 2.24) is 4.98 Å². The number of nitrogens with zero attached hydrogens (tertiary/aromatic N) is 2. The SMILES string of the molecule is C=CCN(C(=O)COC(=O)/C=C/c1ccc2ccccc2n1)c1ccccc1.